The lowest BCUT2D eigenvalue weighted by molar-refractivity contribution is -0.178. The van der Waals surface area contributed by atoms with Crippen LogP contribution in [0.15, 0.2) is 102 Å². The van der Waals surface area contributed by atoms with Crippen molar-refractivity contribution in [3.8, 4) is 17.2 Å². The van der Waals surface area contributed by atoms with Gasteiger partial charge in [0.2, 0.25) is 6.79 Å². The molecule has 0 spiro atoms. The van der Waals surface area contributed by atoms with Gasteiger partial charge in [-0.15, -0.1) is 11.8 Å². The summed E-state index contributed by atoms with van der Waals surface area (Å²) in [5, 5.41) is 0. The minimum atomic E-state index is -1.36. The highest BCUT2D eigenvalue weighted by atomic mass is 32.2. The molecule has 2 amide bonds. The first-order chi connectivity index (χ1) is 22.5. The Morgan fingerprint density at radius 1 is 0.935 bits per heavy atom. The standard InChI is InChI=1S/C38H40N2O5S/c1-4-5-6-10-22-39-35(28-16-19-32(46-3)20-17-28)38(37(39)42,30-18-21-33-34(24-30)45-26-44-33)40(25-27-12-8-7-9-13-27)36(41)29-14-11-15-31(23-29)43-2/h7-9,11-21,23-24,35H,4-6,10,22,25-26H2,1-3H3/t35-,38+/m1/s1. The van der Waals surface area contributed by atoms with E-state index in [-0.39, 0.29) is 25.2 Å². The fourth-order valence-electron chi connectivity index (χ4n) is 6.63. The van der Waals surface area contributed by atoms with Gasteiger partial charge in [0.05, 0.1) is 13.2 Å². The number of amides is 2. The third-order valence-corrected chi connectivity index (χ3v) is 9.71. The van der Waals surface area contributed by atoms with Crippen LogP contribution in [-0.4, -0.2) is 48.3 Å². The molecular formula is C38H40N2O5S. The summed E-state index contributed by atoms with van der Waals surface area (Å²) in [4.78, 5) is 34.9. The molecule has 0 radical (unpaired) electrons. The zero-order valence-corrected chi connectivity index (χ0v) is 27.4. The van der Waals surface area contributed by atoms with Crippen LogP contribution >= 0.6 is 11.8 Å². The molecule has 1 fully saturated rings. The Morgan fingerprint density at radius 3 is 2.46 bits per heavy atom. The minimum absolute atomic E-state index is 0.103. The number of methoxy groups -OCH3 is 1. The Hall–Kier alpha value is -4.43. The summed E-state index contributed by atoms with van der Waals surface area (Å²) in [6.07, 6.45) is 6.18. The quantitative estimate of drug-likeness (QED) is 0.0846. The van der Waals surface area contributed by atoms with Gasteiger partial charge < -0.3 is 24.0 Å². The Bertz CT molecular complexity index is 1680. The van der Waals surface area contributed by atoms with Gasteiger partial charge in [-0.3, -0.25) is 9.59 Å². The summed E-state index contributed by atoms with van der Waals surface area (Å²) in [6.45, 7) is 3.12. The molecule has 4 aromatic rings. The summed E-state index contributed by atoms with van der Waals surface area (Å²) in [5.74, 6) is 1.40. The van der Waals surface area contributed by atoms with Crippen molar-refractivity contribution >= 4 is 23.6 Å². The number of nitrogens with zero attached hydrogens (tertiary/aromatic N) is 2. The third kappa shape index (κ3) is 5.82. The largest absolute Gasteiger partial charge is 0.497 e. The molecule has 6 rings (SSSR count). The zero-order valence-electron chi connectivity index (χ0n) is 26.6. The average Bonchev–Trinajstić information content (AvgIpc) is 3.58. The molecule has 8 heteroatoms. The molecule has 2 aliphatic rings. The van der Waals surface area contributed by atoms with Gasteiger partial charge >= 0.3 is 0 Å². The van der Waals surface area contributed by atoms with Gasteiger partial charge in [0.25, 0.3) is 11.8 Å². The van der Waals surface area contributed by atoms with E-state index in [0.29, 0.717) is 34.9 Å². The number of fused-ring (bicyclic) bond motifs is 1. The van der Waals surface area contributed by atoms with Crippen LogP contribution in [0.2, 0.25) is 0 Å². The molecular weight excluding hydrogens is 596 g/mol. The van der Waals surface area contributed by atoms with Crippen LogP contribution in [0.4, 0.5) is 0 Å². The van der Waals surface area contributed by atoms with E-state index in [0.717, 1.165) is 41.7 Å². The van der Waals surface area contributed by atoms with E-state index in [1.807, 2.05) is 65.8 Å². The summed E-state index contributed by atoms with van der Waals surface area (Å²) < 4.78 is 17.0. The summed E-state index contributed by atoms with van der Waals surface area (Å²) in [7, 11) is 1.58. The van der Waals surface area contributed by atoms with Gasteiger partial charge in [0.1, 0.15) is 5.75 Å². The minimum Gasteiger partial charge on any atom is -0.497 e. The molecule has 0 unspecified atom stereocenters. The number of β-lactam (4-membered cyclic amide) rings is 1. The van der Waals surface area contributed by atoms with Crippen molar-refractivity contribution in [2.45, 2.75) is 55.6 Å². The first kappa shape index (κ1) is 31.5. The van der Waals surface area contributed by atoms with E-state index in [2.05, 4.69) is 31.2 Å². The van der Waals surface area contributed by atoms with E-state index in [4.69, 9.17) is 14.2 Å². The van der Waals surface area contributed by atoms with Crippen LogP contribution in [0.3, 0.4) is 0 Å². The Morgan fingerprint density at radius 2 is 1.72 bits per heavy atom. The lowest BCUT2D eigenvalue weighted by Crippen LogP contribution is -2.73. The molecule has 0 bridgehead atoms. The molecule has 2 atom stereocenters. The van der Waals surface area contributed by atoms with Crippen LogP contribution in [0, 0.1) is 0 Å². The number of benzene rings is 4. The molecule has 0 aromatic heterocycles. The molecule has 46 heavy (non-hydrogen) atoms. The number of likely N-dealkylation sites (tertiary alicyclic amines) is 1. The van der Waals surface area contributed by atoms with Crippen molar-refractivity contribution in [2.75, 3.05) is 26.7 Å². The van der Waals surface area contributed by atoms with Crippen molar-refractivity contribution in [2.24, 2.45) is 0 Å². The average molecular weight is 637 g/mol. The molecule has 2 aliphatic heterocycles. The Balaban J connectivity index is 1.57. The number of carbonyl (C=O) groups excluding carboxylic acids is 2. The maximum absolute atomic E-state index is 15.1. The second-order valence-corrected chi connectivity index (χ2v) is 12.6. The molecule has 4 aromatic carbocycles. The van der Waals surface area contributed by atoms with Gasteiger partial charge in [-0.05, 0) is 71.8 Å². The Labute approximate surface area is 275 Å². The number of carbonyl (C=O) groups is 2. The number of ether oxygens (including phenoxy) is 3. The van der Waals surface area contributed by atoms with Gasteiger partial charge in [-0.1, -0.05) is 80.8 Å². The second kappa shape index (κ2) is 13.9. The fourth-order valence-corrected chi connectivity index (χ4v) is 7.04. The smallest absolute Gasteiger partial charge is 0.256 e. The van der Waals surface area contributed by atoms with Gasteiger partial charge in [-0.2, -0.15) is 0 Å². The van der Waals surface area contributed by atoms with E-state index < -0.39 is 11.6 Å². The SMILES string of the molecule is CCCCCCN1C(=O)[C@@](c2ccc3c(c2)OCO3)(N(Cc2ccccc2)C(=O)c2cccc(OC)c2)[C@H]1c1ccc(SC)cc1. The molecule has 238 valence electrons. The number of thioether (sulfide) groups is 1. The highest BCUT2D eigenvalue weighted by molar-refractivity contribution is 7.98. The zero-order chi connectivity index (χ0) is 32.1. The van der Waals surface area contributed by atoms with Crippen LogP contribution in [0.5, 0.6) is 17.2 Å². The molecule has 1 saturated heterocycles. The molecule has 0 N–H and O–H groups in total. The van der Waals surface area contributed by atoms with Crippen molar-refractivity contribution in [3.63, 3.8) is 0 Å². The first-order valence-corrected chi connectivity index (χ1v) is 17.1. The van der Waals surface area contributed by atoms with Gasteiger partial charge in [0.15, 0.2) is 17.0 Å². The number of unbranched alkanes of at least 4 members (excludes halogenated alkanes) is 3. The topological polar surface area (TPSA) is 68.3 Å². The summed E-state index contributed by atoms with van der Waals surface area (Å²) in [6, 6.07) is 30.6. The van der Waals surface area contributed by atoms with Gasteiger partial charge in [-0.25, -0.2) is 0 Å². The molecule has 2 heterocycles. The Kier molecular flexibility index (Phi) is 9.54. The van der Waals surface area contributed by atoms with Crippen LogP contribution in [0.1, 0.15) is 65.7 Å². The lowest BCUT2D eigenvalue weighted by Gasteiger charge is -2.60. The van der Waals surface area contributed by atoms with E-state index in [1.54, 1.807) is 42.0 Å². The normalized spacial score (nSPS) is 18.3. The highest BCUT2D eigenvalue weighted by Gasteiger charge is 2.66. The van der Waals surface area contributed by atoms with Crippen LogP contribution in [0.25, 0.3) is 0 Å². The predicted octanol–water partition coefficient (Wildman–Crippen LogP) is 7.85. The molecule has 7 nitrogen and oxygen atoms in total. The van der Waals surface area contributed by atoms with Gasteiger partial charge in [0, 0.05) is 23.5 Å². The van der Waals surface area contributed by atoms with Crippen molar-refractivity contribution in [1.82, 2.24) is 9.80 Å². The predicted molar refractivity (Wildman–Crippen MR) is 180 cm³/mol. The van der Waals surface area contributed by atoms with E-state index in [1.165, 1.54) is 0 Å². The van der Waals surface area contributed by atoms with Crippen molar-refractivity contribution in [1.29, 1.82) is 0 Å². The van der Waals surface area contributed by atoms with E-state index in [9.17, 15) is 4.79 Å². The number of rotatable bonds is 13. The van der Waals surface area contributed by atoms with Crippen molar-refractivity contribution in [3.05, 3.63) is 119 Å². The molecule has 0 saturated carbocycles. The first-order valence-electron chi connectivity index (χ1n) is 15.9. The van der Waals surface area contributed by atoms with Crippen LogP contribution < -0.4 is 14.2 Å². The van der Waals surface area contributed by atoms with E-state index >= 15 is 4.79 Å². The summed E-state index contributed by atoms with van der Waals surface area (Å²) >= 11 is 1.67. The maximum atomic E-state index is 15.1. The number of hydrogen-bond acceptors (Lipinski definition) is 6. The molecule has 0 aliphatic carbocycles. The monoisotopic (exact) mass is 636 g/mol. The third-order valence-electron chi connectivity index (χ3n) is 8.96. The maximum Gasteiger partial charge on any atom is 0.256 e. The lowest BCUT2D eigenvalue weighted by atomic mass is 9.68. The second-order valence-electron chi connectivity index (χ2n) is 11.7. The number of hydrogen-bond donors (Lipinski definition) is 0. The highest BCUT2D eigenvalue weighted by Crippen LogP contribution is 2.56. The summed E-state index contributed by atoms with van der Waals surface area (Å²) in [5.41, 5.74) is 1.67. The van der Waals surface area contributed by atoms with Crippen molar-refractivity contribution < 1.29 is 23.8 Å². The fraction of sp³-hybridized carbons (Fsp3) is 0.316. The van der Waals surface area contributed by atoms with Crippen LogP contribution in [-0.2, 0) is 16.9 Å².